The molecule has 192 valence electrons. The fraction of sp³-hybridized carbons (Fsp3) is 0.296. The average molecular weight is 522 g/mol. The highest BCUT2D eigenvalue weighted by Crippen LogP contribution is 2.31. The summed E-state index contributed by atoms with van der Waals surface area (Å²) in [6.07, 6.45) is 5.03. The Morgan fingerprint density at radius 2 is 1.84 bits per heavy atom. The molecule has 0 radical (unpaired) electrons. The number of rotatable bonds is 7. The van der Waals surface area contributed by atoms with Gasteiger partial charge in [0.2, 0.25) is 5.91 Å². The number of likely N-dealkylation sites (tertiary alicyclic amines) is 1. The maximum absolute atomic E-state index is 13.1. The molecule has 37 heavy (non-hydrogen) atoms. The van der Waals surface area contributed by atoms with Crippen LogP contribution in [0, 0.1) is 10.1 Å². The normalized spacial score (nSPS) is 14.2. The van der Waals surface area contributed by atoms with E-state index in [1.807, 2.05) is 36.1 Å². The Bertz CT molecular complexity index is 1340. The van der Waals surface area contributed by atoms with Crippen molar-refractivity contribution in [1.82, 2.24) is 14.7 Å². The second-order valence-corrected chi connectivity index (χ2v) is 9.29. The van der Waals surface area contributed by atoms with E-state index in [4.69, 9.17) is 11.6 Å². The van der Waals surface area contributed by atoms with Crippen LogP contribution in [0.1, 0.15) is 53.0 Å². The van der Waals surface area contributed by atoms with E-state index in [0.717, 1.165) is 24.1 Å². The lowest BCUT2D eigenvalue weighted by Crippen LogP contribution is -2.38. The smallest absolute Gasteiger partial charge is 0.276 e. The first kappa shape index (κ1) is 26.1. The number of carbonyl (C=O) groups is 2. The number of carbonyl (C=O) groups excluding carboxylic acids is 2. The molecular weight excluding hydrogens is 494 g/mol. The van der Waals surface area contributed by atoms with Crippen molar-refractivity contribution >= 4 is 40.9 Å². The minimum atomic E-state index is -0.479. The Morgan fingerprint density at radius 1 is 1.16 bits per heavy atom. The summed E-state index contributed by atoms with van der Waals surface area (Å²) in [5.74, 6) is -0.164. The maximum atomic E-state index is 13.1. The molecule has 0 atom stereocenters. The van der Waals surface area contributed by atoms with Crippen molar-refractivity contribution in [3.05, 3.63) is 92.3 Å². The zero-order valence-electron chi connectivity index (χ0n) is 20.7. The van der Waals surface area contributed by atoms with Crippen LogP contribution in [0.5, 0.6) is 0 Å². The van der Waals surface area contributed by atoms with Gasteiger partial charge in [-0.1, -0.05) is 42.8 Å². The summed E-state index contributed by atoms with van der Waals surface area (Å²) in [4.78, 5) is 37.8. The summed E-state index contributed by atoms with van der Waals surface area (Å²) in [6.45, 7) is 3.21. The first-order valence-electron chi connectivity index (χ1n) is 12.1. The summed E-state index contributed by atoms with van der Waals surface area (Å²) in [7, 11) is 1.74. The zero-order chi connectivity index (χ0) is 26.5. The van der Waals surface area contributed by atoms with Gasteiger partial charge in [0.15, 0.2) is 0 Å². The first-order valence-corrected chi connectivity index (χ1v) is 12.5. The van der Waals surface area contributed by atoms with Gasteiger partial charge >= 0.3 is 0 Å². The molecule has 0 bridgehead atoms. The molecular formula is C27H28ClN5O4. The van der Waals surface area contributed by atoms with E-state index >= 15 is 0 Å². The van der Waals surface area contributed by atoms with Gasteiger partial charge in [-0.2, -0.15) is 5.10 Å². The predicted molar refractivity (Wildman–Crippen MR) is 143 cm³/mol. The van der Waals surface area contributed by atoms with Crippen molar-refractivity contribution in [2.45, 2.75) is 32.1 Å². The summed E-state index contributed by atoms with van der Waals surface area (Å²) in [6, 6.07) is 13.9. The first-order chi connectivity index (χ1) is 17.8. The number of nitro benzene ring substituents is 1. The van der Waals surface area contributed by atoms with E-state index in [-0.39, 0.29) is 17.5 Å². The molecule has 1 fully saturated rings. The summed E-state index contributed by atoms with van der Waals surface area (Å²) in [5, 5.41) is 18.7. The third-order valence-corrected chi connectivity index (χ3v) is 6.97. The lowest BCUT2D eigenvalue weighted by molar-refractivity contribution is -0.385. The highest BCUT2D eigenvalue weighted by Gasteiger charge is 2.29. The van der Waals surface area contributed by atoms with Crippen molar-refractivity contribution in [3.8, 4) is 0 Å². The lowest BCUT2D eigenvalue weighted by Gasteiger charge is -2.32. The third kappa shape index (κ3) is 5.89. The standard InChI is InChI=1S/C27H28ClN5O4/c1-3-22-25(28)26(31(2)30-22)27(35)32-16-14-19(15-17-32)18-8-11-21(12-9-18)29-24(34)13-10-20-6-4-5-7-23(20)33(36)37/h4-13,19H,3,14-17H2,1-2H3,(H,29,34)/b13-10+. The van der Waals surface area contributed by atoms with E-state index in [1.54, 1.807) is 29.9 Å². The molecule has 1 saturated heterocycles. The fourth-order valence-corrected chi connectivity index (χ4v) is 4.93. The molecule has 9 nitrogen and oxygen atoms in total. The molecule has 2 amide bonds. The number of piperidine rings is 1. The number of halogens is 1. The van der Waals surface area contributed by atoms with Gasteiger partial charge in [-0.25, -0.2) is 0 Å². The van der Waals surface area contributed by atoms with Crippen LogP contribution in [0.25, 0.3) is 6.08 Å². The maximum Gasteiger partial charge on any atom is 0.276 e. The van der Waals surface area contributed by atoms with Crippen molar-refractivity contribution in [2.24, 2.45) is 7.05 Å². The van der Waals surface area contributed by atoms with Crippen molar-refractivity contribution in [1.29, 1.82) is 0 Å². The second-order valence-electron chi connectivity index (χ2n) is 8.91. The van der Waals surface area contributed by atoms with Gasteiger partial charge < -0.3 is 10.2 Å². The van der Waals surface area contributed by atoms with E-state index in [9.17, 15) is 19.7 Å². The highest BCUT2D eigenvalue weighted by molar-refractivity contribution is 6.34. The number of aromatic nitrogens is 2. The number of nitrogens with one attached hydrogen (secondary N) is 1. The Labute approximate surface area is 219 Å². The number of hydrogen-bond acceptors (Lipinski definition) is 5. The molecule has 10 heteroatoms. The quantitative estimate of drug-likeness (QED) is 0.260. The van der Waals surface area contributed by atoms with Gasteiger partial charge in [0.25, 0.3) is 11.6 Å². The van der Waals surface area contributed by atoms with Gasteiger partial charge in [-0.05, 0) is 55.0 Å². The zero-order valence-corrected chi connectivity index (χ0v) is 21.4. The van der Waals surface area contributed by atoms with Gasteiger partial charge in [-0.15, -0.1) is 0 Å². The molecule has 0 aliphatic carbocycles. The van der Waals surface area contributed by atoms with E-state index < -0.39 is 4.92 Å². The molecule has 0 spiro atoms. The number of hydrogen-bond donors (Lipinski definition) is 1. The van der Waals surface area contributed by atoms with Crippen LogP contribution in [0.2, 0.25) is 5.02 Å². The lowest BCUT2D eigenvalue weighted by atomic mass is 9.89. The fourth-order valence-electron chi connectivity index (χ4n) is 4.56. The number of amides is 2. The number of benzene rings is 2. The van der Waals surface area contributed by atoms with E-state index in [0.29, 0.717) is 47.4 Å². The molecule has 1 N–H and O–H groups in total. The summed E-state index contributed by atoms with van der Waals surface area (Å²) < 4.78 is 1.57. The van der Waals surface area contributed by atoms with Crippen LogP contribution in [0.3, 0.4) is 0 Å². The Hall–Kier alpha value is -3.98. The number of nitrogens with zero attached hydrogens (tertiary/aromatic N) is 4. The monoisotopic (exact) mass is 521 g/mol. The number of nitro groups is 1. The minimum absolute atomic E-state index is 0.0576. The molecule has 2 heterocycles. The highest BCUT2D eigenvalue weighted by atomic mass is 35.5. The Kier molecular flexibility index (Phi) is 8.03. The van der Waals surface area contributed by atoms with E-state index in [2.05, 4.69) is 10.4 Å². The molecule has 0 unspecified atom stereocenters. The molecule has 1 aliphatic heterocycles. The van der Waals surface area contributed by atoms with Gasteiger partial charge in [-0.3, -0.25) is 24.4 Å². The van der Waals surface area contributed by atoms with Crippen LogP contribution in [-0.4, -0.2) is 44.5 Å². The van der Waals surface area contributed by atoms with Gasteiger partial charge in [0, 0.05) is 38.0 Å². The van der Waals surface area contributed by atoms with Crippen LogP contribution >= 0.6 is 11.6 Å². The van der Waals surface area contributed by atoms with Crippen LogP contribution in [0.4, 0.5) is 11.4 Å². The average Bonchev–Trinajstić information content (AvgIpc) is 3.20. The molecule has 1 aliphatic rings. The molecule has 3 aromatic rings. The largest absolute Gasteiger partial charge is 0.337 e. The Balaban J connectivity index is 1.33. The second kappa shape index (κ2) is 11.4. The number of anilines is 1. The van der Waals surface area contributed by atoms with Gasteiger partial charge in [0.1, 0.15) is 5.69 Å². The number of para-hydroxylation sites is 1. The summed E-state index contributed by atoms with van der Waals surface area (Å²) in [5.41, 5.74) is 3.25. The molecule has 4 rings (SSSR count). The van der Waals surface area contributed by atoms with Crippen LogP contribution in [-0.2, 0) is 18.3 Å². The van der Waals surface area contributed by atoms with E-state index in [1.165, 1.54) is 18.2 Å². The van der Waals surface area contributed by atoms with Crippen LogP contribution in [0.15, 0.2) is 54.6 Å². The van der Waals surface area contributed by atoms with Crippen molar-refractivity contribution in [3.63, 3.8) is 0 Å². The molecule has 2 aromatic carbocycles. The third-order valence-electron chi connectivity index (χ3n) is 6.57. The Morgan fingerprint density at radius 3 is 2.46 bits per heavy atom. The van der Waals surface area contributed by atoms with Crippen LogP contribution < -0.4 is 5.32 Å². The topological polar surface area (TPSA) is 110 Å². The molecule has 0 saturated carbocycles. The predicted octanol–water partition coefficient (Wildman–Crippen LogP) is 5.22. The summed E-state index contributed by atoms with van der Waals surface area (Å²) >= 11 is 6.40. The molecule has 1 aromatic heterocycles. The minimum Gasteiger partial charge on any atom is -0.337 e. The van der Waals surface area contributed by atoms with Crippen molar-refractivity contribution < 1.29 is 14.5 Å². The SMILES string of the molecule is CCc1nn(C)c(C(=O)N2CCC(c3ccc(NC(=O)/C=C/c4ccccc4[N+](=O)[O-])cc3)CC2)c1Cl. The number of aryl methyl sites for hydroxylation is 2. The van der Waals surface area contributed by atoms with Gasteiger partial charge in [0.05, 0.1) is 21.2 Å². The van der Waals surface area contributed by atoms with Crippen molar-refractivity contribution in [2.75, 3.05) is 18.4 Å².